The Morgan fingerprint density at radius 3 is 2.45 bits per heavy atom. The van der Waals surface area contributed by atoms with E-state index in [1.54, 1.807) is 0 Å². The van der Waals surface area contributed by atoms with Crippen molar-refractivity contribution in [2.24, 2.45) is 0 Å². The maximum Gasteiger partial charge on any atom is 0.220 e. The molecule has 0 atom stereocenters. The molecule has 4 heteroatoms. The molecule has 1 saturated heterocycles. The predicted molar refractivity (Wildman–Crippen MR) is 92.3 cm³/mol. The summed E-state index contributed by atoms with van der Waals surface area (Å²) in [7, 11) is 0. The first-order chi connectivity index (χ1) is 10.7. The van der Waals surface area contributed by atoms with Gasteiger partial charge in [-0.05, 0) is 63.0 Å². The minimum absolute atomic E-state index is 0.144. The Labute approximate surface area is 139 Å². The first-order valence-electron chi connectivity index (χ1n) is 8.47. The fourth-order valence-electron chi connectivity index (χ4n) is 2.89. The van der Waals surface area contributed by atoms with Crippen molar-refractivity contribution in [1.29, 1.82) is 0 Å². The summed E-state index contributed by atoms with van der Waals surface area (Å²) in [6, 6.07) is 7.70. The van der Waals surface area contributed by atoms with E-state index >= 15 is 0 Å². The molecule has 1 amide bonds. The summed E-state index contributed by atoms with van der Waals surface area (Å²) < 4.78 is 0. The standard InChI is InChI=1S/C18H27ClN2O/c19-17-9-6-16(7-10-17)8-11-18(22)20-12-5-15-21-13-3-1-2-4-14-21/h6-7,9-10H,1-5,8,11-15H2,(H,20,22). The quantitative estimate of drug-likeness (QED) is 0.777. The summed E-state index contributed by atoms with van der Waals surface area (Å²) in [6.45, 7) is 4.35. The van der Waals surface area contributed by atoms with Crippen molar-refractivity contribution < 1.29 is 4.79 Å². The largest absolute Gasteiger partial charge is 0.356 e. The Hall–Kier alpha value is -1.06. The number of aryl methyl sites for hydroxylation is 1. The summed E-state index contributed by atoms with van der Waals surface area (Å²) in [4.78, 5) is 14.4. The minimum atomic E-state index is 0.144. The average Bonchev–Trinajstić information content (AvgIpc) is 2.80. The lowest BCUT2D eigenvalue weighted by atomic mass is 10.1. The fourth-order valence-corrected chi connectivity index (χ4v) is 3.01. The monoisotopic (exact) mass is 322 g/mol. The molecule has 1 N–H and O–H groups in total. The van der Waals surface area contributed by atoms with Gasteiger partial charge >= 0.3 is 0 Å². The van der Waals surface area contributed by atoms with E-state index in [1.165, 1.54) is 38.8 Å². The van der Waals surface area contributed by atoms with E-state index in [1.807, 2.05) is 24.3 Å². The molecular formula is C18H27ClN2O. The van der Waals surface area contributed by atoms with Gasteiger partial charge in [-0.25, -0.2) is 0 Å². The smallest absolute Gasteiger partial charge is 0.220 e. The zero-order valence-corrected chi connectivity index (χ0v) is 14.1. The van der Waals surface area contributed by atoms with E-state index in [9.17, 15) is 4.79 Å². The van der Waals surface area contributed by atoms with E-state index in [0.717, 1.165) is 36.5 Å². The second kappa shape index (κ2) is 9.86. The molecule has 1 aliphatic heterocycles. The molecule has 0 spiro atoms. The Balaban J connectivity index is 1.54. The van der Waals surface area contributed by atoms with E-state index in [0.29, 0.717) is 6.42 Å². The van der Waals surface area contributed by atoms with Gasteiger partial charge in [-0.15, -0.1) is 0 Å². The third-order valence-corrected chi connectivity index (χ3v) is 4.48. The average molecular weight is 323 g/mol. The highest BCUT2D eigenvalue weighted by Gasteiger charge is 2.08. The molecule has 0 saturated carbocycles. The van der Waals surface area contributed by atoms with Crippen molar-refractivity contribution in [2.45, 2.75) is 44.9 Å². The number of likely N-dealkylation sites (tertiary alicyclic amines) is 1. The van der Waals surface area contributed by atoms with Crippen molar-refractivity contribution in [3.63, 3.8) is 0 Å². The number of benzene rings is 1. The van der Waals surface area contributed by atoms with Gasteiger partial charge in [0.25, 0.3) is 0 Å². The highest BCUT2D eigenvalue weighted by atomic mass is 35.5. The molecule has 0 unspecified atom stereocenters. The van der Waals surface area contributed by atoms with Gasteiger partial charge < -0.3 is 10.2 Å². The molecular weight excluding hydrogens is 296 g/mol. The molecule has 1 aliphatic rings. The molecule has 3 nitrogen and oxygen atoms in total. The van der Waals surface area contributed by atoms with E-state index < -0.39 is 0 Å². The first-order valence-corrected chi connectivity index (χ1v) is 8.85. The molecule has 122 valence electrons. The van der Waals surface area contributed by atoms with Gasteiger partial charge in [-0.3, -0.25) is 4.79 Å². The van der Waals surface area contributed by atoms with Crippen molar-refractivity contribution in [3.05, 3.63) is 34.9 Å². The van der Waals surface area contributed by atoms with Gasteiger partial charge in [0.2, 0.25) is 5.91 Å². The number of hydrogen-bond donors (Lipinski definition) is 1. The molecule has 22 heavy (non-hydrogen) atoms. The number of nitrogens with zero attached hydrogens (tertiary/aromatic N) is 1. The van der Waals surface area contributed by atoms with Gasteiger partial charge in [0, 0.05) is 18.0 Å². The highest BCUT2D eigenvalue weighted by Crippen LogP contribution is 2.11. The second-order valence-electron chi connectivity index (χ2n) is 6.09. The van der Waals surface area contributed by atoms with Crippen LogP contribution in [0.2, 0.25) is 5.02 Å². The van der Waals surface area contributed by atoms with E-state index in [2.05, 4.69) is 10.2 Å². The number of rotatable bonds is 7. The van der Waals surface area contributed by atoms with Crippen LogP contribution in [0.25, 0.3) is 0 Å². The van der Waals surface area contributed by atoms with Crippen LogP contribution in [0, 0.1) is 0 Å². The van der Waals surface area contributed by atoms with Crippen LogP contribution in [-0.2, 0) is 11.2 Å². The van der Waals surface area contributed by atoms with Crippen molar-refractivity contribution in [3.8, 4) is 0 Å². The number of hydrogen-bond acceptors (Lipinski definition) is 2. The Morgan fingerprint density at radius 2 is 1.77 bits per heavy atom. The van der Waals surface area contributed by atoms with Gasteiger partial charge in [-0.2, -0.15) is 0 Å². The molecule has 1 aromatic rings. The molecule has 1 aromatic carbocycles. The third kappa shape index (κ3) is 6.80. The van der Waals surface area contributed by atoms with Crippen LogP contribution in [0.4, 0.5) is 0 Å². The van der Waals surface area contributed by atoms with Crippen LogP contribution >= 0.6 is 11.6 Å². The summed E-state index contributed by atoms with van der Waals surface area (Å²) in [5, 5.41) is 3.77. The molecule has 0 aromatic heterocycles. The summed E-state index contributed by atoms with van der Waals surface area (Å²) in [5.41, 5.74) is 1.16. The lowest BCUT2D eigenvalue weighted by Crippen LogP contribution is -2.30. The summed E-state index contributed by atoms with van der Waals surface area (Å²) in [6.07, 6.45) is 7.77. The van der Waals surface area contributed by atoms with E-state index in [4.69, 9.17) is 11.6 Å². The normalized spacial score (nSPS) is 16.2. The molecule has 1 fully saturated rings. The van der Waals surface area contributed by atoms with Crippen molar-refractivity contribution >= 4 is 17.5 Å². The fraction of sp³-hybridized carbons (Fsp3) is 0.611. The number of carbonyl (C=O) groups excluding carboxylic acids is 1. The topological polar surface area (TPSA) is 32.3 Å². The predicted octanol–water partition coefficient (Wildman–Crippen LogP) is 3.65. The third-order valence-electron chi connectivity index (χ3n) is 4.23. The number of nitrogens with one attached hydrogen (secondary N) is 1. The van der Waals surface area contributed by atoms with E-state index in [-0.39, 0.29) is 5.91 Å². The van der Waals surface area contributed by atoms with Crippen LogP contribution in [0.3, 0.4) is 0 Å². The second-order valence-corrected chi connectivity index (χ2v) is 6.52. The van der Waals surface area contributed by atoms with Crippen LogP contribution in [0.15, 0.2) is 24.3 Å². The van der Waals surface area contributed by atoms with Gasteiger partial charge in [0.1, 0.15) is 0 Å². The lowest BCUT2D eigenvalue weighted by Gasteiger charge is -2.19. The summed E-state index contributed by atoms with van der Waals surface area (Å²) >= 11 is 5.85. The first kappa shape index (κ1) is 17.3. The zero-order chi connectivity index (χ0) is 15.6. The lowest BCUT2D eigenvalue weighted by molar-refractivity contribution is -0.121. The van der Waals surface area contributed by atoms with Crippen LogP contribution in [0.5, 0.6) is 0 Å². The Kier molecular flexibility index (Phi) is 7.75. The Bertz CT molecular complexity index is 439. The van der Waals surface area contributed by atoms with Crippen molar-refractivity contribution in [2.75, 3.05) is 26.2 Å². The molecule has 0 bridgehead atoms. The Morgan fingerprint density at radius 1 is 1.09 bits per heavy atom. The van der Waals surface area contributed by atoms with Gasteiger partial charge in [-0.1, -0.05) is 36.6 Å². The molecule has 1 heterocycles. The van der Waals surface area contributed by atoms with Gasteiger partial charge in [0.05, 0.1) is 0 Å². The molecule has 0 radical (unpaired) electrons. The van der Waals surface area contributed by atoms with Crippen LogP contribution in [0.1, 0.15) is 44.1 Å². The van der Waals surface area contributed by atoms with Crippen molar-refractivity contribution in [1.82, 2.24) is 10.2 Å². The van der Waals surface area contributed by atoms with Crippen LogP contribution in [-0.4, -0.2) is 37.0 Å². The molecule has 2 rings (SSSR count). The maximum atomic E-state index is 11.8. The minimum Gasteiger partial charge on any atom is -0.356 e. The summed E-state index contributed by atoms with van der Waals surface area (Å²) in [5.74, 6) is 0.144. The van der Waals surface area contributed by atoms with Gasteiger partial charge in [0.15, 0.2) is 0 Å². The number of carbonyl (C=O) groups is 1. The maximum absolute atomic E-state index is 11.8. The SMILES string of the molecule is O=C(CCc1ccc(Cl)cc1)NCCCN1CCCCCC1. The molecule has 0 aliphatic carbocycles. The van der Waals surface area contributed by atoms with Crippen LogP contribution < -0.4 is 5.32 Å². The highest BCUT2D eigenvalue weighted by molar-refractivity contribution is 6.30. The zero-order valence-electron chi connectivity index (χ0n) is 13.3. The number of amides is 1. The number of halogens is 1.